The summed E-state index contributed by atoms with van der Waals surface area (Å²) in [6.45, 7) is 5.22. The number of benzene rings is 1. The summed E-state index contributed by atoms with van der Waals surface area (Å²) < 4.78 is 0. The molecule has 7 nitrogen and oxygen atoms in total. The average Bonchev–Trinajstić information content (AvgIpc) is 2.65. The van der Waals surface area contributed by atoms with Crippen LogP contribution < -0.4 is 10.6 Å². The fourth-order valence-electron chi connectivity index (χ4n) is 2.71. The lowest BCUT2D eigenvalue weighted by molar-refractivity contribution is -0.128. The molecule has 7 heteroatoms. The minimum atomic E-state index is -1.21. The molecular weight excluding hydrogens is 358 g/mol. The molecule has 0 radical (unpaired) electrons. The van der Waals surface area contributed by atoms with Gasteiger partial charge in [0.2, 0.25) is 5.91 Å². The van der Waals surface area contributed by atoms with E-state index in [0.717, 1.165) is 5.56 Å². The molecule has 0 saturated carbocycles. The molecule has 1 aromatic carbocycles. The molecule has 3 atom stereocenters. The third kappa shape index (κ3) is 6.14. The maximum atomic E-state index is 12.6. The molecule has 28 heavy (non-hydrogen) atoms. The van der Waals surface area contributed by atoms with Crippen LogP contribution in [0.5, 0.6) is 0 Å². The Morgan fingerprint density at radius 1 is 0.964 bits per heavy atom. The van der Waals surface area contributed by atoms with Crippen molar-refractivity contribution in [3.8, 4) is 11.3 Å². The van der Waals surface area contributed by atoms with Crippen molar-refractivity contribution in [1.82, 2.24) is 15.6 Å². The van der Waals surface area contributed by atoms with Gasteiger partial charge in [0.15, 0.2) is 0 Å². The van der Waals surface area contributed by atoms with Gasteiger partial charge in [0.05, 0.1) is 11.8 Å². The van der Waals surface area contributed by atoms with Gasteiger partial charge in [-0.1, -0.05) is 50.2 Å². The molecule has 150 valence electrons. The van der Waals surface area contributed by atoms with Gasteiger partial charge in [-0.05, 0) is 31.4 Å². The van der Waals surface area contributed by atoms with Crippen molar-refractivity contribution in [2.45, 2.75) is 45.6 Å². The van der Waals surface area contributed by atoms with Crippen LogP contribution in [0, 0.1) is 5.92 Å². The van der Waals surface area contributed by atoms with E-state index in [1.54, 1.807) is 12.1 Å². The second-order valence-electron chi connectivity index (χ2n) is 7.12. The summed E-state index contributed by atoms with van der Waals surface area (Å²) in [6.07, 6.45) is -1.83. The van der Waals surface area contributed by atoms with Gasteiger partial charge < -0.3 is 20.8 Å². The fourth-order valence-corrected chi connectivity index (χ4v) is 2.71. The Balaban J connectivity index is 2.11. The van der Waals surface area contributed by atoms with Crippen LogP contribution in [0.25, 0.3) is 11.3 Å². The van der Waals surface area contributed by atoms with Crippen molar-refractivity contribution in [3.05, 3.63) is 54.2 Å². The van der Waals surface area contributed by atoms with E-state index in [1.165, 1.54) is 13.0 Å². The minimum absolute atomic E-state index is 0.127. The number of hydrogen-bond acceptors (Lipinski definition) is 5. The normalized spacial score (nSPS) is 14.2. The zero-order valence-electron chi connectivity index (χ0n) is 16.3. The quantitative estimate of drug-likeness (QED) is 0.517. The van der Waals surface area contributed by atoms with Gasteiger partial charge in [-0.25, -0.2) is 4.98 Å². The van der Waals surface area contributed by atoms with E-state index in [2.05, 4.69) is 15.6 Å². The Kier molecular flexibility index (Phi) is 7.66. The van der Waals surface area contributed by atoms with Crippen LogP contribution in [0.1, 0.15) is 37.7 Å². The Hall–Kier alpha value is -2.77. The zero-order chi connectivity index (χ0) is 20.7. The highest BCUT2D eigenvalue weighted by atomic mass is 16.3. The van der Waals surface area contributed by atoms with Crippen molar-refractivity contribution in [1.29, 1.82) is 0 Å². The summed E-state index contributed by atoms with van der Waals surface area (Å²) in [5.74, 6) is -1.06. The molecule has 2 amide bonds. The van der Waals surface area contributed by atoms with Crippen molar-refractivity contribution >= 4 is 11.8 Å². The van der Waals surface area contributed by atoms with E-state index in [4.69, 9.17) is 0 Å². The number of nitrogens with one attached hydrogen (secondary N) is 2. The predicted octanol–water partition coefficient (Wildman–Crippen LogP) is 1.71. The van der Waals surface area contributed by atoms with E-state index in [9.17, 15) is 19.8 Å². The summed E-state index contributed by atoms with van der Waals surface area (Å²) in [7, 11) is 0. The lowest BCUT2D eigenvalue weighted by Crippen LogP contribution is -2.54. The molecule has 0 bridgehead atoms. The Morgan fingerprint density at radius 3 is 2.25 bits per heavy atom. The first-order valence-electron chi connectivity index (χ1n) is 9.27. The summed E-state index contributed by atoms with van der Waals surface area (Å²) >= 11 is 0. The Labute approximate surface area is 164 Å². The van der Waals surface area contributed by atoms with Crippen molar-refractivity contribution in [2.24, 2.45) is 5.92 Å². The third-order valence-electron chi connectivity index (χ3n) is 4.11. The average molecular weight is 385 g/mol. The summed E-state index contributed by atoms with van der Waals surface area (Å²) in [5, 5.41) is 24.7. The van der Waals surface area contributed by atoms with Crippen molar-refractivity contribution in [2.75, 3.05) is 0 Å². The third-order valence-corrected chi connectivity index (χ3v) is 4.11. The zero-order valence-corrected chi connectivity index (χ0v) is 16.3. The van der Waals surface area contributed by atoms with E-state index < -0.39 is 30.2 Å². The number of aromatic nitrogens is 1. The van der Waals surface area contributed by atoms with E-state index in [0.29, 0.717) is 12.1 Å². The maximum absolute atomic E-state index is 12.6. The molecule has 2 rings (SSSR count). The molecule has 1 aromatic heterocycles. The monoisotopic (exact) mass is 385 g/mol. The van der Waals surface area contributed by atoms with E-state index >= 15 is 0 Å². The number of carbonyl (C=O) groups is 2. The Morgan fingerprint density at radius 2 is 1.64 bits per heavy atom. The number of rotatable bonds is 8. The number of aliphatic hydroxyl groups is 2. The lowest BCUT2D eigenvalue weighted by atomic mass is 10.1. The molecule has 2 aromatic rings. The summed E-state index contributed by atoms with van der Waals surface area (Å²) in [4.78, 5) is 29.3. The fraction of sp³-hybridized carbons (Fsp3) is 0.381. The highest BCUT2D eigenvalue weighted by Crippen LogP contribution is 2.16. The number of pyridine rings is 1. The van der Waals surface area contributed by atoms with Gasteiger partial charge in [0.1, 0.15) is 18.0 Å². The lowest BCUT2D eigenvalue weighted by Gasteiger charge is -2.23. The standard InChI is InChI=1S/C21H27N3O4/c1-13(2)12-18(26)23-21(28)19(14(3)25)24-20(27)17-11-7-10-16(22-17)15-8-5-4-6-9-15/h4-11,13-14,18-19,25-26H,12H2,1-3H3,(H,23,28)(H,24,27)/t14-,18?,19+/m1/s1. The molecule has 1 heterocycles. The molecular formula is C21H27N3O4. The first-order valence-corrected chi connectivity index (χ1v) is 9.27. The molecule has 4 N–H and O–H groups in total. The van der Waals surface area contributed by atoms with Crippen LogP contribution in [0.4, 0.5) is 0 Å². The molecule has 0 aliphatic heterocycles. The van der Waals surface area contributed by atoms with Gasteiger partial charge in [0.25, 0.3) is 5.91 Å². The molecule has 0 aliphatic rings. The highest BCUT2D eigenvalue weighted by molar-refractivity contribution is 5.96. The molecule has 0 aliphatic carbocycles. The van der Waals surface area contributed by atoms with Gasteiger partial charge in [-0.3, -0.25) is 9.59 Å². The topological polar surface area (TPSA) is 112 Å². The van der Waals surface area contributed by atoms with Gasteiger partial charge >= 0.3 is 0 Å². The highest BCUT2D eigenvalue weighted by Gasteiger charge is 2.28. The van der Waals surface area contributed by atoms with Crippen LogP contribution >= 0.6 is 0 Å². The maximum Gasteiger partial charge on any atom is 0.270 e. The first kappa shape index (κ1) is 21.5. The molecule has 1 unspecified atom stereocenters. The largest absolute Gasteiger partial charge is 0.391 e. The summed E-state index contributed by atoms with van der Waals surface area (Å²) in [5.41, 5.74) is 1.61. The van der Waals surface area contributed by atoms with Crippen LogP contribution in [-0.2, 0) is 4.79 Å². The van der Waals surface area contributed by atoms with Gasteiger partial charge in [0, 0.05) is 5.56 Å². The number of amides is 2. The van der Waals surface area contributed by atoms with E-state index in [1.807, 2.05) is 44.2 Å². The molecule has 0 fully saturated rings. The minimum Gasteiger partial charge on any atom is -0.391 e. The molecule has 0 spiro atoms. The second-order valence-corrected chi connectivity index (χ2v) is 7.12. The van der Waals surface area contributed by atoms with Crippen LogP contribution in [0.15, 0.2) is 48.5 Å². The first-order chi connectivity index (χ1) is 13.3. The van der Waals surface area contributed by atoms with Crippen LogP contribution in [-0.4, -0.2) is 45.4 Å². The smallest absolute Gasteiger partial charge is 0.270 e. The summed E-state index contributed by atoms with van der Waals surface area (Å²) in [6, 6.07) is 13.2. The SMILES string of the molecule is CC(C)CC(O)NC(=O)[C@@H](NC(=O)c1cccc(-c2ccccc2)n1)[C@@H](C)O. The van der Waals surface area contributed by atoms with E-state index in [-0.39, 0.29) is 11.6 Å². The number of aliphatic hydroxyl groups excluding tert-OH is 2. The number of nitrogens with zero attached hydrogens (tertiary/aromatic N) is 1. The molecule has 0 saturated heterocycles. The van der Waals surface area contributed by atoms with Gasteiger partial charge in [-0.2, -0.15) is 0 Å². The second kappa shape index (κ2) is 9.96. The number of carbonyl (C=O) groups excluding carboxylic acids is 2. The van der Waals surface area contributed by atoms with Crippen molar-refractivity contribution < 1.29 is 19.8 Å². The Bertz CT molecular complexity index is 793. The predicted molar refractivity (Wildman–Crippen MR) is 106 cm³/mol. The van der Waals surface area contributed by atoms with Gasteiger partial charge in [-0.15, -0.1) is 0 Å². The van der Waals surface area contributed by atoms with Crippen LogP contribution in [0.2, 0.25) is 0 Å². The number of hydrogen-bond donors (Lipinski definition) is 4. The van der Waals surface area contributed by atoms with Crippen LogP contribution in [0.3, 0.4) is 0 Å². The van der Waals surface area contributed by atoms with Crippen molar-refractivity contribution in [3.63, 3.8) is 0 Å².